The molecule has 0 aliphatic carbocycles. The molecule has 0 unspecified atom stereocenters. The first-order valence-electron chi connectivity index (χ1n) is 5.07. The second kappa shape index (κ2) is 4.26. The maximum absolute atomic E-state index is 13.4. The lowest BCUT2D eigenvalue weighted by molar-refractivity contribution is 0.631. The molecule has 75 valence electrons. The predicted molar refractivity (Wildman–Crippen MR) is 60.1 cm³/mol. The minimum atomic E-state index is -0.185. The topological polar surface area (TPSA) is 0 Å². The van der Waals surface area contributed by atoms with E-state index in [-0.39, 0.29) is 5.82 Å². The molecule has 0 aliphatic rings. The van der Waals surface area contributed by atoms with E-state index in [1.165, 1.54) is 6.07 Å². The summed E-state index contributed by atoms with van der Waals surface area (Å²) in [6.07, 6.45) is 0.956. The van der Waals surface area contributed by atoms with Crippen LogP contribution in [-0.4, -0.2) is 0 Å². The summed E-state index contributed by atoms with van der Waals surface area (Å²) in [5.41, 5.74) is 2.66. The Morgan fingerprint density at radius 3 is 2.53 bits per heavy atom. The molecule has 0 bridgehead atoms. The average molecular weight is 199 g/mol. The second-order valence-electron chi connectivity index (χ2n) is 3.44. The fraction of sp³-hybridized carbons (Fsp3) is 0.143. The molecule has 0 fully saturated rings. The summed E-state index contributed by atoms with van der Waals surface area (Å²) in [7, 11) is 0. The van der Waals surface area contributed by atoms with Crippen LogP contribution in [0.4, 0.5) is 4.39 Å². The maximum atomic E-state index is 13.4. The third-order valence-corrected chi connectivity index (χ3v) is 2.44. The molecule has 0 saturated heterocycles. The molecule has 15 heavy (non-hydrogen) atoms. The molecule has 2 aromatic rings. The van der Waals surface area contributed by atoms with Crippen LogP contribution in [0.5, 0.6) is 0 Å². The Morgan fingerprint density at radius 1 is 1.13 bits per heavy atom. The first-order valence-corrected chi connectivity index (χ1v) is 5.07. The van der Waals surface area contributed by atoms with E-state index in [9.17, 15) is 4.39 Å². The third-order valence-electron chi connectivity index (χ3n) is 2.44. The summed E-state index contributed by atoms with van der Waals surface area (Å²) in [4.78, 5) is 0. The van der Waals surface area contributed by atoms with Crippen molar-refractivity contribution in [1.29, 1.82) is 0 Å². The van der Waals surface area contributed by atoms with Gasteiger partial charge in [-0.05, 0) is 35.7 Å². The van der Waals surface area contributed by atoms with E-state index >= 15 is 0 Å². The van der Waals surface area contributed by atoms with E-state index < -0.39 is 0 Å². The fourth-order valence-corrected chi connectivity index (χ4v) is 1.54. The summed E-state index contributed by atoms with van der Waals surface area (Å²) in [6, 6.07) is 15.7. The lowest BCUT2D eigenvalue weighted by Crippen LogP contribution is -1.85. The van der Waals surface area contributed by atoms with Gasteiger partial charge in [0.2, 0.25) is 0 Å². The number of hydrogen-bond donors (Lipinski definition) is 0. The van der Waals surface area contributed by atoms with Crippen molar-refractivity contribution in [3.05, 3.63) is 59.9 Å². The molecular weight excluding hydrogens is 187 g/mol. The van der Waals surface area contributed by atoms with Crippen LogP contribution in [0, 0.1) is 11.9 Å². The SMILES string of the molecule is CCc1[c]cc(-c2ccccc2F)cc1. The van der Waals surface area contributed by atoms with Gasteiger partial charge < -0.3 is 0 Å². The summed E-state index contributed by atoms with van der Waals surface area (Å²) >= 11 is 0. The molecule has 0 amide bonds. The van der Waals surface area contributed by atoms with Gasteiger partial charge in [-0.2, -0.15) is 0 Å². The van der Waals surface area contributed by atoms with Crippen LogP contribution in [0.25, 0.3) is 11.1 Å². The maximum Gasteiger partial charge on any atom is 0.131 e. The van der Waals surface area contributed by atoms with Gasteiger partial charge in [-0.15, -0.1) is 0 Å². The lowest BCUT2D eigenvalue weighted by Gasteiger charge is -2.03. The second-order valence-corrected chi connectivity index (χ2v) is 3.44. The van der Waals surface area contributed by atoms with Gasteiger partial charge in [0, 0.05) is 5.56 Å². The van der Waals surface area contributed by atoms with Crippen molar-refractivity contribution in [2.75, 3.05) is 0 Å². The minimum absolute atomic E-state index is 0.185. The van der Waals surface area contributed by atoms with Gasteiger partial charge in [0.25, 0.3) is 0 Å². The Bertz CT molecular complexity index is 443. The Kier molecular flexibility index (Phi) is 2.82. The highest BCUT2D eigenvalue weighted by Gasteiger charge is 2.02. The van der Waals surface area contributed by atoms with E-state index in [0.717, 1.165) is 17.5 Å². The third kappa shape index (κ3) is 2.07. The molecule has 2 rings (SSSR count). The zero-order chi connectivity index (χ0) is 10.7. The summed E-state index contributed by atoms with van der Waals surface area (Å²) < 4.78 is 13.4. The smallest absolute Gasteiger partial charge is 0.131 e. The van der Waals surface area contributed by atoms with Crippen molar-refractivity contribution < 1.29 is 4.39 Å². The summed E-state index contributed by atoms with van der Waals surface area (Å²) in [6.45, 7) is 2.08. The van der Waals surface area contributed by atoms with E-state index in [2.05, 4.69) is 13.0 Å². The number of aryl methyl sites for hydroxylation is 1. The van der Waals surface area contributed by atoms with Crippen molar-refractivity contribution in [3.63, 3.8) is 0 Å². The largest absolute Gasteiger partial charge is 0.206 e. The van der Waals surface area contributed by atoms with Gasteiger partial charge in [0.15, 0.2) is 0 Å². The molecule has 1 radical (unpaired) electrons. The standard InChI is InChI=1S/C14H12F/c1-2-11-7-9-12(10-8-11)13-5-3-4-6-14(13)15/h3-7,9-10H,2H2,1H3. The Labute approximate surface area is 89.4 Å². The van der Waals surface area contributed by atoms with Gasteiger partial charge in [-0.3, -0.25) is 0 Å². The predicted octanol–water partition coefficient (Wildman–Crippen LogP) is 3.86. The highest BCUT2D eigenvalue weighted by atomic mass is 19.1. The Balaban J connectivity index is 2.42. The molecule has 0 nitrogen and oxygen atoms in total. The van der Waals surface area contributed by atoms with Crippen molar-refractivity contribution in [2.24, 2.45) is 0 Å². The Morgan fingerprint density at radius 2 is 1.93 bits per heavy atom. The Hall–Kier alpha value is -1.63. The first-order chi connectivity index (χ1) is 7.31. The van der Waals surface area contributed by atoms with Crippen LogP contribution >= 0.6 is 0 Å². The quantitative estimate of drug-likeness (QED) is 0.689. The monoisotopic (exact) mass is 199 g/mol. The molecule has 0 heterocycles. The number of halogens is 1. The number of rotatable bonds is 2. The molecule has 1 heteroatoms. The highest BCUT2D eigenvalue weighted by Crippen LogP contribution is 2.22. The highest BCUT2D eigenvalue weighted by molar-refractivity contribution is 5.64. The molecule has 0 spiro atoms. The van der Waals surface area contributed by atoms with Gasteiger partial charge in [-0.1, -0.05) is 37.3 Å². The van der Waals surface area contributed by atoms with Crippen LogP contribution < -0.4 is 0 Å². The van der Waals surface area contributed by atoms with Crippen molar-refractivity contribution in [2.45, 2.75) is 13.3 Å². The number of hydrogen-bond acceptors (Lipinski definition) is 0. The van der Waals surface area contributed by atoms with Crippen LogP contribution in [0.15, 0.2) is 42.5 Å². The minimum Gasteiger partial charge on any atom is -0.206 e. The van der Waals surface area contributed by atoms with Crippen molar-refractivity contribution in [1.82, 2.24) is 0 Å². The molecule has 0 atom stereocenters. The molecule has 0 aliphatic heterocycles. The average Bonchev–Trinajstić information content (AvgIpc) is 2.30. The number of benzene rings is 2. The van der Waals surface area contributed by atoms with E-state index in [1.54, 1.807) is 12.1 Å². The molecule has 0 N–H and O–H groups in total. The normalized spacial score (nSPS) is 10.3. The molecule has 0 aromatic heterocycles. The van der Waals surface area contributed by atoms with Crippen LogP contribution in [0.3, 0.4) is 0 Å². The van der Waals surface area contributed by atoms with Crippen molar-refractivity contribution >= 4 is 0 Å². The van der Waals surface area contributed by atoms with Crippen molar-refractivity contribution in [3.8, 4) is 11.1 Å². The first kappa shape index (κ1) is 9.91. The lowest BCUT2D eigenvalue weighted by atomic mass is 10.0. The van der Waals surface area contributed by atoms with E-state index in [0.29, 0.717) is 5.56 Å². The van der Waals surface area contributed by atoms with E-state index in [1.807, 2.05) is 24.3 Å². The summed E-state index contributed by atoms with van der Waals surface area (Å²) in [5.74, 6) is -0.185. The van der Waals surface area contributed by atoms with Crippen LogP contribution in [0.1, 0.15) is 12.5 Å². The van der Waals surface area contributed by atoms with Crippen LogP contribution in [-0.2, 0) is 6.42 Å². The molecular formula is C14H12F. The van der Waals surface area contributed by atoms with Gasteiger partial charge >= 0.3 is 0 Å². The van der Waals surface area contributed by atoms with E-state index in [4.69, 9.17) is 0 Å². The van der Waals surface area contributed by atoms with Gasteiger partial charge in [-0.25, -0.2) is 4.39 Å². The van der Waals surface area contributed by atoms with Gasteiger partial charge in [0.1, 0.15) is 5.82 Å². The fourth-order valence-electron chi connectivity index (χ4n) is 1.54. The van der Waals surface area contributed by atoms with Gasteiger partial charge in [0.05, 0.1) is 0 Å². The molecule has 2 aromatic carbocycles. The zero-order valence-corrected chi connectivity index (χ0v) is 8.63. The summed E-state index contributed by atoms with van der Waals surface area (Å²) in [5, 5.41) is 0. The molecule has 0 saturated carbocycles. The zero-order valence-electron chi connectivity index (χ0n) is 8.63. The van der Waals surface area contributed by atoms with Crippen LogP contribution in [0.2, 0.25) is 0 Å².